The molecule has 2 N–H and O–H groups in total. The Bertz CT molecular complexity index is 1530. The summed E-state index contributed by atoms with van der Waals surface area (Å²) in [5.74, 6) is -1.08. The van der Waals surface area contributed by atoms with E-state index in [2.05, 4.69) is 52.6 Å². The van der Waals surface area contributed by atoms with Gasteiger partial charge in [-0.15, -0.1) is 23.2 Å². The topological polar surface area (TPSA) is 157 Å². The van der Waals surface area contributed by atoms with Crippen molar-refractivity contribution in [1.29, 1.82) is 0 Å². The van der Waals surface area contributed by atoms with E-state index in [9.17, 15) is 24.0 Å². The Labute approximate surface area is 347 Å². The Hall–Kier alpha value is -4.94. The number of aryl methyl sites for hydroxylation is 2. The molecule has 0 aliphatic carbocycles. The van der Waals surface area contributed by atoms with Crippen LogP contribution in [0.3, 0.4) is 0 Å². The third-order valence-corrected chi connectivity index (χ3v) is 6.66. The van der Waals surface area contributed by atoms with Crippen molar-refractivity contribution in [2.75, 3.05) is 31.8 Å². The van der Waals surface area contributed by atoms with Gasteiger partial charge in [-0.05, 0) is 25.0 Å². The van der Waals surface area contributed by atoms with Crippen LogP contribution in [0.1, 0.15) is 68.7 Å². The first kappa shape index (κ1) is 54.2. The minimum absolute atomic E-state index is 0.107. The van der Waals surface area contributed by atoms with Crippen LogP contribution in [0.2, 0.25) is 0 Å². The summed E-state index contributed by atoms with van der Waals surface area (Å²) in [6, 6.07) is 33.1. The third-order valence-electron chi connectivity index (χ3n) is 6.66. The molecule has 0 aliphatic rings. The Morgan fingerprint density at radius 3 is 1.35 bits per heavy atom. The first-order valence-electron chi connectivity index (χ1n) is 18.2. The van der Waals surface area contributed by atoms with Gasteiger partial charge >= 0.3 is 17.9 Å². The van der Waals surface area contributed by atoms with E-state index in [0.717, 1.165) is 11.1 Å². The summed E-state index contributed by atoms with van der Waals surface area (Å²) < 4.78 is 19.3. The molecule has 11 nitrogen and oxygen atoms in total. The van der Waals surface area contributed by atoms with Crippen LogP contribution < -0.4 is 4.98 Å². The first-order valence-corrected chi connectivity index (χ1v) is 19.3. The van der Waals surface area contributed by atoms with Gasteiger partial charge in [0, 0.05) is 44.7 Å². The number of aromatic amines is 1. The number of halogens is 2. The Balaban J connectivity index is 0. The normalized spacial score (nSPS) is 9.19. The summed E-state index contributed by atoms with van der Waals surface area (Å²) in [7, 11) is 0. The standard InChI is InChI=1S/C14H18O4.C9H10O3.C8H10.C7H12O3.C5H5N.CH2Cl2/c1-2-13(15)8-9-17-11-14(16)18-10-12-6-4-3-5-7-12;10-6-9(11)12-7-8-4-2-1-3-5-8;1-7-3-5-8(2)6-4-7;1-3-7(9)4-5-10-6(2)8;1-2-4-6-5-3-1;2-1-3/h3-7H,2,8-11H2,1H3;1-5,10H,6-7H2;3-6H,1-2H3;3-5H2,1-2H3;1-5H;1H2/p+1. The highest BCUT2D eigenvalue weighted by molar-refractivity contribution is 6.40. The summed E-state index contributed by atoms with van der Waals surface area (Å²) in [4.78, 5) is 56.5. The van der Waals surface area contributed by atoms with Crippen molar-refractivity contribution in [1.82, 2.24) is 0 Å². The van der Waals surface area contributed by atoms with E-state index in [0.29, 0.717) is 25.7 Å². The number of hydrogen-bond donors (Lipinski definition) is 1. The van der Waals surface area contributed by atoms with Gasteiger partial charge in [0.15, 0.2) is 12.4 Å². The molecule has 3 aromatic carbocycles. The van der Waals surface area contributed by atoms with Crippen molar-refractivity contribution in [2.24, 2.45) is 0 Å². The molecule has 0 fully saturated rings. The Kier molecular flexibility index (Phi) is 37.3. The van der Waals surface area contributed by atoms with Crippen molar-refractivity contribution >= 4 is 52.7 Å². The number of aliphatic hydroxyl groups is 1. The largest absolute Gasteiger partial charge is 0.465 e. The summed E-state index contributed by atoms with van der Waals surface area (Å²) in [5.41, 5.74) is 4.51. The molecule has 0 atom stereocenters. The number of alkyl halides is 2. The van der Waals surface area contributed by atoms with Gasteiger partial charge in [-0.25, -0.2) is 14.6 Å². The molecule has 1 aromatic heterocycles. The van der Waals surface area contributed by atoms with E-state index in [1.807, 2.05) is 91.3 Å². The quantitative estimate of drug-likeness (QED) is 0.0539. The lowest BCUT2D eigenvalue weighted by molar-refractivity contribution is -0.378. The van der Waals surface area contributed by atoms with Crippen LogP contribution in [0.4, 0.5) is 0 Å². The maximum absolute atomic E-state index is 11.3. The second kappa shape index (κ2) is 39.3. The predicted molar refractivity (Wildman–Crippen MR) is 222 cm³/mol. The number of pyridine rings is 1. The van der Waals surface area contributed by atoms with E-state index in [1.165, 1.54) is 18.1 Å². The van der Waals surface area contributed by atoms with Crippen LogP contribution in [-0.2, 0) is 56.1 Å². The van der Waals surface area contributed by atoms with Gasteiger partial charge in [-0.2, -0.15) is 0 Å². The van der Waals surface area contributed by atoms with Crippen LogP contribution in [0.15, 0.2) is 116 Å². The fourth-order valence-corrected chi connectivity index (χ4v) is 3.55. The van der Waals surface area contributed by atoms with Gasteiger partial charge in [-0.1, -0.05) is 116 Å². The zero-order chi connectivity index (χ0) is 42.9. The van der Waals surface area contributed by atoms with Crippen LogP contribution in [0.25, 0.3) is 0 Å². The highest BCUT2D eigenvalue weighted by atomic mass is 35.5. The maximum Gasteiger partial charge on any atom is 0.332 e. The van der Waals surface area contributed by atoms with Gasteiger partial charge < -0.3 is 24.1 Å². The fraction of sp³-hybridized carbons (Fsp3) is 0.364. The molecule has 312 valence electrons. The second-order valence-corrected chi connectivity index (χ2v) is 12.3. The number of hydrogen-bond acceptors (Lipinski definition) is 10. The number of nitrogens with one attached hydrogen (secondary N) is 1. The molecule has 0 aliphatic heterocycles. The lowest BCUT2D eigenvalue weighted by Crippen LogP contribution is -2.14. The van der Waals surface area contributed by atoms with E-state index in [1.54, 1.807) is 13.8 Å². The molecule has 0 unspecified atom stereocenters. The SMILES string of the molecule is CCC(=O)CCOC(C)=O.CCC(=O)CCOCC(=O)OCc1ccccc1.Cc1ccc(C)cc1.ClCCl.O=C(CO)OCc1ccccc1.c1cc[nH+]cc1. The van der Waals surface area contributed by atoms with Crippen LogP contribution in [0.5, 0.6) is 0 Å². The molecular weight excluding hydrogens is 773 g/mol. The van der Waals surface area contributed by atoms with Crippen LogP contribution in [-0.4, -0.2) is 66.3 Å². The molecule has 57 heavy (non-hydrogen) atoms. The Morgan fingerprint density at radius 2 is 1.00 bits per heavy atom. The van der Waals surface area contributed by atoms with Gasteiger partial charge in [0.25, 0.3) is 0 Å². The van der Waals surface area contributed by atoms with Crippen molar-refractivity contribution in [3.8, 4) is 0 Å². The summed E-state index contributed by atoms with van der Waals surface area (Å²) in [6.07, 6.45) is 5.46. The molecule has 4 aromatic rings. The number of ketones is 2. The van der Waals surface area contributed by atoms with Gasteiger partial charge in [-0.3, -0.25) is 14.4 Å². The smallest absolute Gasteiger partial charge is 0.332 e. The molecule has 0 amide bonds. The lowest BCUT2D eigenvalue weighted by atomic mass is 10.2. The minimum Gasteiger partial charge on any atom is -0.465 e. The molecule has 13 heteroatoms. The molecular formula is C44H58Cl2NO10+. The number of benzene rings is 3. The molecule has 4 rings (SSSR count). The number of carbonyl (C=O) groups is 5. The maximum atomic E-state index is 11.3. The minimum atomic E-state index is -0.598. The van der Waals surface area contributed by atoms with Gasteiger partial charge in [0.1, 0.15) is 38.0 Å². The summed E-state index contributed by atoms with van der Waals surface area (Å²) in [5, 5.41) is 8.53. The van der Waals surface area contributed by atoms with Gasteiger partial charge in [0.05, 0.1) is 18.6 Å². The van der Waals surface area contributed by atoms with Gasteiger partial charge in [0.2, 0.25) is 0 Å². The van der Waals surface area contributed by atoms with Crippen molar-refractivity contribution < 1.29 is 53.0 Å². The number of Topliss-reactive ketones (excluding diaryl/α,β-unsaturated/α-hetero) is 2. The highest BCUT2D eigenvalue weighted by Crippen LogP contribution is 2.02. The number of esters is 3. The third kappa shape index (κ3) is 39.1. The van der Waals surface area contributed by atoms with Crippen molar-refractivity contribution in [3.05, 3.63) is 138 Å². The molecule has 0 saturated heterocycles. The average Bonchev–Trinajstić information content (AvgIpc) is 3.24. The average molecular weight is 832 g/mol. The van der Waals surface area contributed by atoms with E-state index >= 15 is 0 Å². The number of H-pyrrole nitrogens is 1. The van der Waals surface area contributed by atoms with Crippen LogP contribution in [0, 0.1) is 13.8 Å². The molecule has 0 bridgehead atoms. The predicted octanol–water partition coefficient (Wildman–Crippen LogP) is 7.98. The van der Waals surface area contributed by atoms with Crippen molar-refractivity contribution in [2.45, 2.75) is 73.5 Å². The number of aliphatic hydroxyl groups excluding tert-OH is 1. The number of carbonyl (C=O) groups excluding carboxylic acids is 5. The zero-order valence-corrected chi connectivity index (χ0v) is 35.1. The fourth-order valence-electron chi connectivity index (χ4n) is 3.55. The number of rotatable bonds is 15. The first-order chi connectivity index (χ1) is 27.4. The zero-order valence-electron chi connectivity index (χ0n) is 33.6. The van der Waals surface area contributed by atoms with E-state index in [4.69, 9.17) is 37.8 Å². The molecule has 1 heterocycles. The molecule has 0 radical (unpaired) electrons. The summed E-state index contributed by atoms with van der Waals surface area (Å²) in [6.45, 7) is 9.41. The molecule has 0 saturated carbocycles. The van der Waals surface area contributed by atoms with Crippen molar-refractivity contribution in [3.63, 3.8) is 0 Å². The highest BCUT2D eigenvalue weighted by Gasteiger charge is 2.05. The molecule has 0 spiro atoms. The van der Waals surface area contributed by atoms with Crippen LogP contribution >= 0.6 is 23.2 Å². The lowest BCUT2D eigenvalue weighted by Gasteiger charge is -2.05. The van der Waals surface area contributed by atoms with E-state index < -0.39 is 18.5 Å². The monoisotopic (exact) mass is 830 g/mol. The number of ether oxygens (including phenoxy) is 4. The number of aromatic nitrogens is 1. The second-order valence-electron chi connectivity index (χ2n) is 11.5. The van der Waals surface area contributed by atoms with E-state index in [-0.39, 0.29) is 55.9 Å². The Morgan fingerprint density at radius 1 is 0.596 bits per heavy atom. The summed E-state index contributed by atoms with van der Waals surface area (Å²) >= 11 is 9.53.